The molecule has 0 saturated heterocycles. The minimum Gasteiger partial charge on any atom is -0.454 e. The molecule has 3 heteroatoms. The molecule has 0 fully saturated rings. The van der Waals surface area contributed by atoms with Crippen LogP contribution < -0.4 is 0 Å². The minimum atomic E-state index is -1.02. The Balaban J connectivity index is 3.04. The Hall–Kier alpha value is -0.600. The van der Waals surface area contributed by atoms with Crippen LogP contribution in [0.1, 0.15) is 19.8 Å². The molecule has 1 atom stereocenters. The molecule has 0 rings (SSSR count). The highest BCUT2D eigenvalue weighted by atomic mass is 19.1. The highest BCUT2D eigenvalue weighted by Crippen LogP contribution is 2.00. The van der Waals surface area contributed by atoms with E-state index < -0.39 is 6.17 Å². The van der Waals surface area contributed by atoms with Gasteiger partial charge in [0.15, 0.2) is 0 Å². The fraction of sp³-hybridized carbons (Fsp3) is 0.833. The van der Waals surface area contributed by atoms with E-state index >= 15 is 0 Å². The average molecular weight is 133 g/mol. The van der Waals surface area contributed by atoms with Crippen LogP contribution in [0, 0.1) is 0 Å². The highest BCUT2D eigenvalue weighted by Gasteiger charge is 2.03. The molecule has 0 aromatic carbocycles. The monoisotopic (exact) mass is 133 g/mol. The summed E-state index contributed by atoms with van der Waals surface area (Å²) in [7, 11) is 0. The lowest BCUT2D eigenvalue weighted by molar-refractivity contribution is 0.170. The van der Waals surface area contributed by atoms with Crippen molar-refractivity contribution in [1.82, 2.24) is 0 Å². The van der Waals surface area contributed by atoms with E-state index in [9.17, 15) is 9.18 Å². The lowest BCUT2D eigenvalue weighted by Gasteiger charge is -2.01. The zero-order valence-corrected chi connectivity index (χ0v) is 5.39. The molecule has 0 aliphatic carbocycles. The average Bonchev–Trinajstić information content (AvgIpc) is 1.85. The predicted octanol–water partition coefficient (Wildman–Crippen LogP) is 1.21. The van der Waals surface area contributed by atoms with Gasteiger partial charge in [0, 0.05) is 0 Å². The third kappa shape index (κ3) is 5.27. The van der Waals surface area contributed by atoms with Crippen LogP contribution in [0.15, 0.2) is 0 Å². The fourth-order valence-corrected chi connectivity index (χ4v) is 0.521. The maximum atomic E-state index is 12.3. The van der Waals surface area contributed by atoms with Crippen molar-refractivity contribution in [3.8, 4) is 0 Å². The number of alkyl halides is 1. The van der Waals surface area contributed by atoms with E-state index in [1.54, 1.807) is 0 Å². The molecule has 0 aromatic heterocycles. The number of ether oxygens (including phenoxy) is 1. The Morgan fingerprint density at radius 1 is 1.78 bits per heavy atom. The molecule has 0 spiro atoms. The first-order valence-electron chi connectivity index (χ1n) is 2.94. The lowest BCUT2D eigenvalue weighted by Crippen LogP contribution is -2.08. The number of carbonyl (C=O) groups excluding carboxylic acids is 1. The summed E-state index contributed by atoms with van der Waals surface area (Å²) in [6, 6.07) is 0. The van der Waals surface area contributed by atoms with Gasteiger partial charge in [0.05, 0.1) is 0 Å². The van der Waals surface area contributed by atoms with Gasteiger partial charge in [0.1, 0.15) is 12.8 Å². The molecule has 2 nitrogen and oxygen atoms in total. The number of halogens is 1. The number of hydrogen-bond acceptors (Lipinski definition) is 2. The van der Waals surface area contributed by atoms with E-state index in [0.29, 0.717) is 6.42 Å². The van der Waals surface area contributed by atoms with Crippen molar-refractivity contribution in [3.63, 3.8) is 0 Å². The van der Waals surface area contributed by atoms with E-state index in [1.165, 1.54) is 6.47 Å². The van der Waals surface area contributed by atoms with Crippen molar-refractivity contribution in [2.24, 2.45) is 0 Å². The summed E-state index contributed by atoms with van der Waals surface area (Å²) in [4.78, 5) is 9.40. The van der Waals surface area contributed by atoms with Crippen LogP contribution in [0.25, 0.3) is 0 Å². The molecule has 0 aliphatic rings. The predicted molar refractivity (Wildman–Crippen MR) is 31.4 cm³/mol. The summed E-state index contributed by atoms with van der Waals surface area (Å²) in [6.45, 7) is 2.88. The minimum absolute atomic E-state index is 0.155. The molecule has 0 saturated carbocycles. The SMILES string of the molecule is CCCC(F)CO[C]=O. The summed E-state index contributed by atoms with van der Waals surface area (Å²) in [6.07, 6.45) is 0.196. The molecule has 0 amide bonds. The summed E-state index contributed by atoms with van der Waals surface area (Å²) >= 11 is 0. The maximum Gasteiger partial charge on any atom is 0.417 e. The highest BCUT2D eigenvalue weighted by molar-refractivity contribution is 5.38. The summed E-state index contributed by atoms with van der Waals surface area (Å²) < 4.78 is 16.4. The Bertz CT molecular complexity index is 75.5. The van der Waals surface area contributed by atoms with Crippen molar-refractivity contribution >= 4 is 6.47 Å². The second kappa shape index (κ2) is 5.54. The van der Waals surface area contributed by atoms with Gasteiger partial charge in [0.25, 0.3) is 0 Å². The normalized spacial score (nSPS) is 12.7. The number of rotatable bonds is 5. The van der Waals surface area contributed by atoms with Gasteiger partial charge in [-0.2, -0.15) is 0 Å². The Morgan fingerprint density at radius 3 is 2.89 bits per heavy atom. The van der Waals surface area contributed by atoms with Crippen LogP contribution in [0.3, 0.4) is 0 Å². The Labute approximate surface area is 54.0 Å². The third-order valence-corrected chi connectivity index (χ3v) is 0.925. The zero-order chi connectivity index (χ0) is 7.11. The standard InChI is InChI=1S/C6H10FO2/c1-2-3-6(7)4-9-5-8/h6H,2-4H2,1H3. The van der Waals surface area contributed by atoms with E-state index in [1.807, 2.05) is 6.92 Å². The van der Waals surface area contributed by atoms with Gasteiger partial charge in [-0.3, -0.25) is 0 Å². The van der Waals surface area contributed by atoms with Gasteiger partial charge < -0.3 is 4.74 Å². The topological polar surface area (TPSA) is 26.3 Å². The van der Waals surface area contributed by atoms with Crippen LogP contribution in [-0.2, 0) is 9.53 Å². The maximum absolute atomic E-state index is 12.3. The van der Waals surface area contributed by atoms with Crippen molar-refractivity contribution in [2.45, 2.75) is 25.9 Å². The third-order valence-electron chi connectivity index (χ3n) is 0.925. The second-order valence-electron chi connectivity index (χ2n) is 1.78. The molecule has 0 N–H and O–H groups in total. The van der Waals surface area contributed by atoms with E-state index in [0.717, 1.165) is 6.42 Å². The van der Waals surface area contributed by atoms with Crippen molar-refractivity contribution in [3.05, 3.63) is 0 Å². The second-order valence-corrected chi connectivity index (χ2v) is 1.78. The molecule has 0 bridgehead atoms. The van der Waals surface area contributed by atoms with Gasteiger partial charge in [0.2, 0.25) is 0 Å². The van der Waals surface area contributed by atoms with Crippen molar-refractivity contribution < 1.29 is 13.9 Å². The van der Waals surface area contributed by atoms with Gasteiger partial charge in [-0.25, -0.2) is 9.18 Å². The Morgan fingerprint density at radius 2 is 2.44 bits per heavy atom. The van der Waals surface area contributed by atoms with Crippen LogP contribution in [0.4, 0.5) is 4.39 Å². The first-order valence-corrected chi connectivity index (χ1v) is 2.94. The van der Waals surface area contributed by atoms with Gasteiger partial charge in [-0.05, 0) is 6.42 Å². The first kappa shape index (κ1) is 8.40. The smallest absolute Gasteiger partial charge is 0.417 e. The first-order chi connectivity index (χ1) is 4.31. The van der Waals surface area contributed by atoms with Crippen LogP contribution in [-0.4, -0.2) is 19.3 Å². The Kier molecular flexibility index (Phi) is 5.17. The van der Waals surface area contributed by atoms with Crippen LogP contribution >= 0.6 is 0 Å². The largest absolute Gasteiger partial charge is 0.454 e. The van der Waals surface area contributed by atoms with Crippen LogP contribution in [0.5, 0.6) is 0 Å². The lowest BCUT2D eigenvalue weighted by atomic mass is 10.2. The van der Waals surface area contributed by atoms with E-state index in [2.05, 4.69) is 4.74 Å². The van der Waals surface area contributed by atoms with Crippen molar-refractivity contribution in [2.75, 3.05) is 6.61 Å². The summed E-state index contributed by atoms with van der Waals surface area (Å²) in [5.74, 6) is 0. The van der Waals surface area contributed by atoms with Crippen molar-refractivity contribution in [1.29, 1.82) is 0 Å². The molecule has 1 radical (unpaired) electrons. The molecule has 0 aliphatic heterocycles. The molecule has 53 valence electrons. The summed E-state index contributed by atoms with van der Waals surface area (Å²) in [5, 5.41) is 0. The van der Waals surface area contributed by atoms with E-state index in [4.69, 9.17) is 0 Å². The zero-order valence-electron chi connectivity index (χ0n) is 5.39. The molecular formula is C6H10FO2. The van der Waals surface area contributed by atoms with Gasteiger partial charge >= 0.3 is 6.47 Å². The fourth-order valence-electron chi connectivity index (χ4n) is 0.521. The summed E-state index contributed by atoms with van der Waals surface area (Å²) in [5.41, 5.74) is 0. The molecular weight excluding hydrogens is 123 g/mol. The molecule has 0 heterocycles. The quantitative estimate of drug-likeness (QED) is 0.563. The molecule has 1 unspecified atom stereocenters. The molecule has 0 aromatic rings. The van der Waals surface area contributed by atoms with Gasteiger partial charge in [-0.1, -0.05) is 13.3 Å². The number of hydrogen-bond donors (Lipinski definition) is 0. The van der Waals surface area contributed by atoms with E-state index in [-0.39, 0.29) is 6.61 Å². The van der Waals surface area contributed by atoms with Crippen LogP contribution in [0.2, 0.25) is 0 Å². The molecule has 9 heavy (non-hydrogen) atoms. The van der Waals surface area contributed by atoms with Gasteiger partial charge in [-0.15, -0.1) is 0 Å².